The lowest BCUT2D eigenvalue weighted by atomic mass is 9.83. The third-order valence-corrected chi connectivity index (χ3v) is 3.91. The van der Waals surface area contributed by atoms with Crippen LogP contribution in [0.25, 0.3) is 0 Å². The number of nitrogens with zero attached hydrogens (tertiary/aromatic N) is 1. The van der Waals surface area contributed by atoms with Crippen LogP contribution in [0.3, 0.4) is 0 Å². The summed E-state index contributed by atoms with van der Waals surface area (Å²) in [5, 5.41) is 2.98. The molecule has 0 aromatic heterocycles. The Morgan fingerprint density at radius 2 is 1.95 bits per heavy atom. The number of ether oxygens (including phenoxy) is 1. The minimum atomic E-state index is 0. The summed E-state index contributed by atoms with van der Waals surface area (Å²) in [4.78, 5) is 14.0. The van der Waals surface area contributed by atoms with Crippen LogP contribution in [0.15, 0.2) is 0 Å². The van der Waals surface area contributed by atoms with Gasteiger partial charge in [-0.3, -0.25) is 4.79 Å². The van der Waals surface area contributed by atoms with Crippen LogP contribution in [0.1, 0.15) is 32.1 Å². The van der Waals surface area contributed by atoms with Crippen molar-refractivity contribution in [1.82, 2.24) is 10.2 Å². The Balaban J connectivity index is 0. The van der Waals surface area contributed by atoms with Crippen LogP contribution in [0.2, 0.25) is 0 Å². The number of rotatable bonds is 8. The average molecular weight is 344 g/mol. The van der Waals surface area contributed by atoms with Crippen molar-refractivity contribution < 1.29 is 9.53 Å². The minimum Gasteiger partial charge on any atom is -0.383 e. The average Bonchev–Trinajstić information content (AvgIpc) is 2.39. The van der Waals surface area contributed by atoms with Crippen LogP contribution in [-0.4, -0.2) is 57.2 Å². The van der Waals surface area contributed by atoms with Crippen LogP contribution in [0, 0.1) is 5.92 Å². The number of halogens is 2. The largest absolute Gasteiger partial charge is 0.383 e. The zero-order chi connectivity index (χ0) is 14.1. The van der Waals surface area contributed by atoms with E-state index in [2.05, 4.69) is 10.2 Å². The first-order valence-corrected chi connectivity index (χ1v) is 7.33. The van der Waals surface area contributed by atoms with Crippen molar-refractivity contribution in [3.05, 3.63) is 0 Å². The molecule has 2 atom stereocenters. The highest BCUT2D eigenvalue weighted by atomic mass is 35.5. The van der Waals surface area contributed by atoms with Crippen molar-refractivity contribution in [2.45, 2.75) is 38.1 Å². The van der Waals surface area contributed by atoms with Gasteiger partial charge in [0.25, 0.3) is 0 Å². The van der Waals surface area contributed by atoms with Gasteiger partial charge in [0.2, 0.25) is 5.91 Å². The van der Waals surface area contributed by atoms with E-state index in [1.54, 1.807) is 7.11 Å². The van der Waals surface area contributed by atoms with Gasteiger partial charge in [-0.1, -0.05) is 12.8 Å². The molecule has 1 aliphatic rings. The quantitative estimate of drug-likeness (QED) is 0.699. The first-order valence-electron chi connectivity index (χ1n) is 7.33. The molecule has 1 aliphatic carbocycles. The Morgan fingerprint density at radius 1 is 1.29 bits per heavy atom. The molecular formula is C14H31Cl2N3O2. The molecule has 0 heterocycles. The highest BCUT2D eigenvalue weighted by Gasteiger charge is 2.23. The predicted octanol–water partition coefficient (Wildman–Crippen LogP) is 1.43. The zero-order valence-corrected chi connectivity index (χ0v) is 14.8. The molecule has 1 saturated carbocycles. The number of hydrogen-bond donors (Lipinski definition) is 2. The van der Waals surface area contributed by atoms with Gasteiger partial charge in [0, 0.05) is 39.2 Å². The maximum Gasteiger partial charge on any atom is 0.220 e. The van der Waals surface area contributed by atoms with Crippen molar-refractivity contribution in [2.75, 3.05) is 40.4 Å². The molecule has 0 radical (unpaired) electrons. The molecule has 0 aliphatic heterocycles. The molecule has 3 N–H and O–H groups in total. The first kappa shape index (κ1) is 23.2. The number of carbonyl (C=O) groups excluding carboxylic acids is 1. The molecular weight excluding hydrogens is 313 g/mol. The number of methoxy groups -OCH3 is 1. The molecule has 7 heteroatoms. The van der Waals surface area contributed by atoms with Crippen molar-refractivity contribution in [3.8, 4) is 0 Å². The topological polar surface area (TPSA) is 67.6 Å². The summed E-state index contributed by atoms with van der Waals surface area (Å²) in [6, 6.07) is 0.212. The summed E-state index contributed by atoms with van der Waals surface area (Å²) in [5.74, 6) is 0.516. The van der Waals surface area contributed by atoms with E-state index in [-0.39, 0.29) is 36.8 Å². The second-order valence-corrected chi connectivity index (χ2v) is 5.56. The SMILES string of the molecule is COCCN(C)CCNC(=O)CC1CCCCC1N.Cl.Cl. The molecule has 2 unspecified atom stereocenters. The fourth-order valence-corrected chi connectivity index (χ4v) is 2.55. The van der Waals surface area contributed by atoms with E-state index in [1.165, 1.54) is 12.8 Å². The van der Waals surface area contributed by atoms with E-state index >= 15 is 0 Å². The third-order valence-electron chi connectivity index (χ3n) is 3.91. The van der Waals surface area contributed by atoms with Crippen molar-refractivity contribution in [2.24, 2.45) is 11.7 Å². The van der Waals surface area contributed by atoms with Crippen LogP contribution in [-0.2, 0) is 9.53 Å². The van der Waals surface area contributed by atoms with E-state index < -0.39 is 0 Å². The summed E-state index contributed by atoms with van der Waals surface area (Å²) in [7, 11) is 3.73. The molecule has 0 aromatic carbocycles. The molecule has 5 nitrogen and oxygen atoms in total. The Kier molecular flexibility index (Phi) is 15.0. The summed E-state index contributed by atoms with van der Waals surface area (Å²) in [5.41, 5.74) is 6.06. The van der Waals surface area contributed by atoms with Gasteiger partial charge >= 0.3 is 0 Å². The number of hydrogen-bond acceptors (Lipinski definition) is 4. The van der Waals surface area contributed by atoms with E-state index in [9.17, 15) is 4.79 Å². The number of nitrogens with two attached hydrogens (primary N) is 1. The van der Waals surface area contributed by atoms with Gasteiger partial charge < -0.3 is 20.7 Å². The van der Waals surface area contributed by atoms with Crippen molar-refractivity contribution >= 4 is 30.7 Å². The van der Waals surface area contributed by atoms with Gasteiger partial charge in [-0.2, -0.15) is 0 Å². The summed E-state index contributed by atoms with van der Waals surface area (Å²) >= 11 is 0. The van der Waals surface area contributed by atoms with E-state index in [0.29, 0.717) is 18.9 Å². The first-order chi connectivity index (χ1) is 9.13. The zero-order valence-electron chi connectivity index (χ0n) is 13.2. The summed E-state index contributed by atoms with van der Waals surface area (Å²) in [6.07, 6.45) is 5.18. The van der Waals surface area contributed by atoms with Crippen molar-refractivity contribution in [3.63, 3.8) is 0 Å². The maximum absolute atomic E-state index is 11.8. The fourth-order valence-electron chi connectivity index (χ4n) is 2.55. The van der Waals surface area contributed by atoms with Gasteiger partial charge in [0.15, 0.2) is 0 Å². The smallest absolute Gasteiger partial charge is 0.220 e. The second-order valence-electron chi connectivity index (χ2n) is 5.56. The van der Waals surface area contributed by atoms with Gasteiger partial charge in [-0.15, -0.1) is 24.8 Å². The van der Waals surface area contributed by atoms with Gasteiger partial charge in [-0.05, 0) is 25.8 Å². The van der Waals surface area contributed by atoms with Gasteiger partial charge in [0.05, 0.1) is 6.61 Å². The van der Waals surface area contributed by atoms with Gasteiger partial charge in [0.1, 0.15) is 0 Å². The van der Waals surface area contributed by atoms with Gasteiger partial charge in [-0.25, -0.2) is 0 Å². The Bertz CT molecular complexity index is 271. The van der Waals surface area contributed by atoms with E-state index in [1.807, 2.05) is 7.05 Å². The molecule has 128 valence electrons. The highest BCUT2D eigenvalue weighted by molar-refractivity contribution is 5.85. The highest BCUT2D eigenvalue weighted by Crippen LogP contribution is 2.25. The summed E-state index contributed by atoms with van der Waals surface area (Å²) in [6.45, 7) is 3.16. The van der Waals surface area contributed by atoms with E-state index in [0.717, 1.165) is 32.5 Å². The third kappa shape index (κ3) is 10.3. The van der Waals surface area contributed by atoms with Crippen LogP contribution in [0.5, 0.6) is 0 Å². The molecule has 1 amide bonds. The predicted molar refractivity (Wildman–Crippen MR) is 91.4 cm³/mol. The number of likely N-dealkylation sites (N-methyl/N-ethyl adjacent to an activating group) is 1. The van der Waals surface area contributed by atoms with Crippen LogP contribution in [0.4, 0.5) is 0 Å². The van der Waals surface area contributed by atoms with Crippen LogP contribution >= 0.6 is 24.8 Å². The number of nitrogens with one attached hydrogen (secondary N) is 1. The lowest BCUT2D eigenvalue weighted by molar-refractivity contribution is -0.122. The molecule has 1 fully saturated rings. The number of amides is 1. The number of carbonyl (C=O) groups is 1. The lowest BCUT2D eigenvalue weighted by Crippen LogP contribution is -2.39. The standard InChI is InChI=1S/C14H29N3O2.2ClH/c1-17(9-10-19-2)8-7-16-14(18)11-12-5-3-4-6-13(12)15;;/h12-13H,3-11,15H2,1-2H3,(H,16,18);2*1H. The summed E-state index contributed by atoms with van der Waals surface area (Å²) < 4.78 is 5.01. The van der Waals surface area contributed by atoms with Crippen molar-refractivity contribution in [1.29, 1.82) is 0 Å². The Hall–Kier alpha value is -0.0700. The molecule has 1 rings (SSSR count). The second kappa shape index (κ2) is 13.6. The Labute approximate surface area is 141 Å². The molecule has 0 spiro atoms. The monoisotopic (exact) mass is 343 g/mol. The fraction of sp³-hybridized carbons (Fsp3) is 0.929. The minimum absolute atomic E-state index is 0. The normalized spacial score (nSPS) is 21.3. The maximum atomic E-state index is 11.8. The van der Waals surface area contributed by atoms with E-state index in [4.69, 9.17) is 10.5 Å². The molecule has 0 aromatic rings. The lowest BCUT2D eigenvalue weighted by Gasteiger charge is -2.28. The molecule has 21 heavy (non-hydrogen) atoms. The molecule has 0 bridgehead atoms. The Morgan fingerprint density at radius 3 is 2.57 bits per heavy atom. The molecule has 0 saturated heterocycles. The van der Waals surface area contributed by atoms with Crippen LogP contribution < -0.4 is 11.1 Å².